The number of nitrogens with zero attached hydrogens (tertiary/aromatic N) is 4. The maximum atomic E-state index is 11.8. The highest BCUT2D eigenvalue weighted by Crippen LogP contribution is 2.42. The van der Waals surface area contributed by atoms with E-state index in [1.165, 1.54) is 7.11 Å². The number of pyridine rings is 1. The summed E-state index contributed by atoms with van der Waals surface area (Å²) in [6, 6.07) is 16.2. The molecule has 1 saturated carbocycles. The van der Waals surface area contributed by atoms with Crippen LogP contribution in [0.5, 0.6) is 0 Å². The minimum absolute atomic E-state index is 0.141. The molecule has 0 aliphatic heterocycles. The number of carboxylic acid groups (broad SMARTS) is 1. The first-order valence-electron chi connectivity index (χ1n) is 11.7. The Morgan fingerprint density at radius 1 is 1.09 bits per heavy atom. The first kappa shape index (κ1) is 21.5. The number of carbonyl (C=O) groups is 1. The monoisotopic (exact) mass is 467 g/mol. The summed E-state index contributed by atoms with van der Waals surface area (Å²) in [5.41, 5.74) is 5.33. The third kappa shape index (κ3) is 3.49. The number of ether oxygens (including phenoxy) is 1. The average Bonchev–Trinajstić information content (AvgIpc) is 3.56. The second-order valence-electron chi connectivity index (χ2n) is 9.11. The number of carboxylic acids is 1. The van der Waals surface area contributed by atoms with Crippen LogP contribution in [0.4, 0.5) is 0 Å². The molecular formula is C27H25N5O3. The van der Waals surface area contributed by atoms with Gasteiger partial charge in [-0.25, -0.2) is 9.78 Å². The maximum Gasteiger partial charge on any atom is 0.335 e. The lowest BCUT2D eigenvalue weighted by molar-refractivity contribution is -0.166. The van der Waals surface area contributed by atoms with Gasteiger partial charge in [-0.1, -0.05) is 36.4 Å². The van der Waals surface area contributed by atoms with Crippen molar-refractivity contribution in [2.75, 3.05) is 7.11 Å². The fourth-order valence-corrected chi connectivity index (χ4v) is 5.24. The molecule has 1 aromatic carbocycles. The summed E-state index contributed by atoms with van der Waals surface area (Å²) in [7, 11) is 1.48. The van der Waals surface area contributed by atoms with Crippen molar-refractivity contribution in [2.45, 2.75) is 37.2 Å². The molecule has 1 aliphatic rings. The Kier molecular flexibility index (Phi) is 5.11. The summed E-state index contributed by atoms with van der Waals surface area (Å²) >= 11 is 0. The zero-order valence-electron chi connectivity index (χ0n) is 19.3. The van der Waals surface area contributed by atoms with Crippen molar-refractivity contribution >= 4 is 22.6 Å². The van der Waals surface area contributed by atoms with Crippen molar-refractivity contribution in [3.05, 3.63) is 72.8 Å². The molecule has 0 amide bonds. The van der Waals surface area contributed by atoms with Crippen molar-refractivity contribution < 1.29 is 14.6 Å². The van der Waals surface area contributed by atoms with Gasteiger partial charge >= 0.3 is 5.97 Å². The van der Waals surface area contributed by atoms with Gasteiger partial charge in [0.2, 0.25) is 0 Å². The molecule has 1 fully saturated rings. The second-order valence-corrected chi connectivity index (χ2v) is 9.11. The van der Waals surface area contributed by atoms with E-state index in [9.17, 15) is 9.90 Å². The molecule has 0 saturated heterocycles. The molecule has 0 spiro atoms. The Bertz CT molecular complexity index is 1510. The number of hydrogen-bond donors (Lipinski definition) is 2. The summed E-state index contributed by atoms with van der Waals surface area (Å²) in [6.07, 6.45) is 7.89. The smallest absolute Gasteiger partial charge is 0.335 e. The summed E-state index contributed by atoms with van der Waals surface area (Å²) in [5, 5.41) is 15.3. The first-order valence-corrected chi connectivity index (χ1v) is 11.7. The van der Waals surface area contributed by atoms with Gasteiger partial charge in [0.25, 0.3) is 0 Å². The number of H-pyrrole nitrogens is 1. The van der Waals surface area contributed by atoms with Crippen LogP contribution in [0.2, 0.25) is 0 Å². The lowest BCUT2D eigenvalue weighted by atomic mass is 9.77. The van der Waals surface area contributed by atoms with Gasteiger partial charge in [0.15, 0.2) is 11.2 Å². The van der Waals surface area contributed by atoms with E-state index >= 15 is 0 Å². The van der Waals surface area contributed by atoms with Crippen LogP contribution in [0.15, 0.2) is 67.1 Å². The Morgan fingerprint density at radius 3 is 2.57 bits per heavy atom. The minimum Gasteiger partial charge on any atom is -0.479 e. The summed E-state index contributed by atoms with van der Waals surface area (Å²) in [6.45, 7) is 0. The minimum atomic E-state index is -1.11. The van der Waals surface area contributed by atoms with E-state index in [0.29, 0.717) is 25.7 Å². The maximum absolute atomic E-state index is 11.8. The number of aromatic amines is 1. The Balaban J connectivity index is 1.39. The molecular weight excluding hydrogens is 442 g/mol. The van der Waals surface area contributed by atoms with Gasteiger partial charge in [0.05, 0.1) is 17.6 Å². The number of methoxy groups -OCH3 is 1. The topological polar surface area (TPSA) is 105 Å². The Labute approximate surface area is 201 Å². The fraction of sp³-hybridized carbons (Fsp3) is 0.259. The normalized spacial score (nSPS) is 20.4. The Morgan fingerprint density at radius 2 is 1.89 bits per heavy atom. The molecule has 5 aromatic rings. The summed E-state index contributed by atoms with van der Waals surface area (Å²) in [4.78, 5) is 24.9. The first-order chi connectivity index (χ1) is 17.1. The number of fused-ring (bicyclic) bond motifs is 3. The number of aromatic nitrogens is 5. The molecule has 0 radical (unpaired) electrons. The molecule has 0 bridgehead atoms. The van der Waals surface area contributed by atoms with Crippen LogP contribution in [0.1, 0.15) is 37.3 Å². The van der Waals surface area contributed by atoms with Crippen molar-refractivity contribution in [1.29, 1.82) is 0 Å². The number of hydrogen-bond acceptors (Lipinski definition) is 5. The SMILES string of the molecule is COC1(C(=O)O)CCC(c2nc3c(-c4ccc(-c5ccccc5)nc4)cnn3c3[nH]ccc23)CC1. The molecule has 35 heavy (non-hydrogen) atoms. The van der Waals surface area contributed by atoms with E-state index < -0.39 is 11.6 Å². The number of nitrogens with one attached hydrogen (secondary N) is 1. The molecule has 6 rings (SSSR count). The number of aliphatic carboxylic acids is 1. The highest BCUT2D eigenvalue weighted by atomic mass is 16.5. The van der Waals surface area contributed by atoms with Crippen LogP contribution < -0.4 is 0 Å². The van der Waals surface area contributed by atoms with Crippen LogP contribution in [-0.4, -0.2) is 48.4 Å². The number of rotatable bonds is 5. The Hall–Kier alpha value is -4.04. The molecule has 8 heteroatoms. The summed E-state index contributed by atoms with van der Waals surface area (Å²) in [5.74, 6) is -0.750. The lowest BCUT2D eigenvalue weighted by Crippen LogP contribution is -2.43. The molecule has 1 aliphatic carbocycles. The van der Waals surface area contributed by atoms with Gasteiger partial charge < -0.3 is 14.8 Å². The van der Waals surface area contributed by atoms with E-state index in [2.05, 4.69) is 15.1 Å². The summed E-state index contributed by atoms with van der Waals surface area (Å²) < 4.78 is 7.26. The van der Waals surface area contributed by atoms with E-state index in [1.807, 2.05) is 71.6 Å². The van der Waals surface area contributed by atoms with E-state index in [1.54, 1.807) is 0 Å². The van der Waals surface area contributed by atoms with Crippen LogP contribution in [-0.2, 0) is 9.53 Å². The highest BCUT2D eigenvalue weighted by molar-refractivity contribution is 5.86. The third-order valence-electron chi connectivity index (χ3n) is 7.29. The second kappa shape index (κ2) is 8.32. The predicted molar refractivity (Wildman–Crippen MR) is 132 cm³/mol. The number of benzene rings is 1. The third-order valence-corrected chi connectivity index (χ3v) is 7.29. The van der Waals surface area contributed by atoms with Gasteiger partial charge in [-0.2, -0.15) is 9.61 Å². The van der Waals surface area contributed by atoms with Gasteiger partial charge in [-0.3, -0.25) is 4.98 Å². The lowest BCUT2D eigenvalue weighted by Gasteiger charge is -2.35. The van der Waals surface area contributed by atoms with Crippen LogP contribution in [0.3, 0.4) is 0 Å². The zero-order valence-corrected chi connectivity index (χ0v) is 19.3. The van der Waals surface area contributed by atoms with Crippen molar-refractivity contribution in [2.24, 2.45) is 0 Å². The zero-order chi connectivity index (χ0) is 24.0. The molecule has 0 unspecified atom stereocenters. The fourth-order valence-electron chi connectivity index (χ4n) is 5.24. The molecule has 176 valence electrons. The molecule has 4 aromatic heterocycles. The van der Waals surface area contributed by atoms with Gasteiger partial charge in [0.1, 0.15) is 5.65 Å². The molecule has 8 nitrogen and oxygen atoms in total. The highest BCUT2D eigenvalue weighted by Gasteiger charge is 2.43. The van der Waals surface area contributed by atoms with E-state index in [-0.39, 0.29) is 5.92 Å². The van der Waals surface area contributed by atoms with Gasteiger partial charge in [0, 0.05) is 47.5 Å². The predicted octanol–water partition coefficient (Wildman–Crippen LogP) is 5.07. The largest absolute Gasteiger partial charge is 0.479 e. The van der Waals surface area contributed by atoms with Gasteiger partial charge in [-0.05, 0) is 37.8 Å². The molecule has 4 heterocycles. The van der Waals surface area contributed by atoms with Crippen LogP contribution in [0.25, 0.3) is 39.1 Å². The van der Waals surface area contributed by atoms with Gasteiger partial charge in [-0.15, -0.1) is 0 Å². The van der Waals surface area contributed by atoms with Crippen LogP contribution >= 0.6 is 0 Å². The quantitative estimate of drug-likeness (QED) is 0.374. The molecule has 0 atom stereocenters. The molecule has 2 N–H and O–H groups in total. The average molecular weight is 468 g/mol. The van der Waals surface area contributed by atoms with Crippen LogP contribution in [0, 0.1) is 0 Å². The van der Waals surface area contributed by atoms with E-state index in [0.717, 1.165) is 44.8 Å². The van der Waals surface area contributed by atoms with Crippen molar-refractivity contribution in [3.8, 4) is 22.4 Å². The van der Waals surface area contributed by atoms with Crippen molar-refractivity contribution in [3.63, 3.8) is 0 Å². The van der Waals surface area contributed by atoms with Crippen molar-refractivity contribution in [1.82, 2.24) is 24.6 Å². The standard InChI is InChI=1S/C27H25N5O3/c1-35-27(26(33)34)12-9-18(10-13-27)23-20-11-14-28-24(20)32-25(31-23)21(16-30-32)19-7-8-22(29-15-19)17-5-3-2-4-6-17/h2-8,11,14-16,18,28H,9-10,12-13H2,1H3,(H,33,34). The van der Waals surface area contributed by atoms with E-state index in [4.69, 9.17) is 9.72 Å².